The van der Waals surface area contributed by atoms with Gasteiger partial charge in [-0.1, -0.05) is 69.3 Å². The molecule has 0 saturated heterocycles. The number of carboxylic acids is 1. The normalized spacial score (nSPS) is 12.0. The Morgan fingerprint density at radius 2 is 1.42 bits per heavy atom. The molecule has 3 aromatic carbocycles. The summed E-state index contributed by atoms with van der Waals surface area (Å²) in [5, 5.41) is 14.4. The van der Waals surface area contributed by atoms with Crippen LogP contribution in [-0.4, -0.2) is 51.5 Å². The van der Waals surface area contributed by atoms with Gasteiger partial charge in [0.1, 0.15) is 11.8 Å². The Labute approximate surface area is 264 Å². The minimum Gasteiger partial charge on any atom is -0.491 e. The van der Waals surface area contributed by atoms with Crippen LogP contribution in [0, 0.1) is 0 Å². The third-order valence-electron chi connectivity index (χ3n) is 7.14. The lowest BCUT2D eigenvalue weighted by atomic mass is 9.86. The number of benzene rings is 3. The zero-order valence-electron chi connectivity index (χ0n) is 26.3. The van der Waals surface area contributed by atoms with Gasteiger partial charge in [-0.3, -0.25) is 14.4 Å². The summed E-state index contributed by atoms with van der Waals surface area (Å²) in [4.78, 5) is 46.2. The third kappa shape index (κ3) is 9.47. The molecule has 1 aromatic heterocycles. The molecule has 45 heavy (non-hydrogen) atoms. The Morgan fingerprint density at radius 3 is 1.98 bits per heavy atom. The fourth-order valence-corrected chi connectivity index (χ4v) is 4.64. The summed E-state index contributed by atoms with van der Waals surface area (Å²) >= 11 is 0. The molecule has 1 heterocycles. The van der Waals surface area contributed by atoms with E-state index in [2.05, 4.69) is 41.4 Å². The van der Waals surface area contributed by atoms with Gasteiger partial charge < -0.3 is 20.5 Å². The van der Waals surface area contributed by atoms with Gasteiger partial charge in [-0.25, -0.2) is 9.97 Å². The van der Waals surface area contributed by atoms with Crippen LogP contribution in [0.1, 0.15) is 62.5 Å². The van der Waals surface area contributed by atoms with E-state index >= 15 is 0 Å². The van der Waals surface area contributed by atoms with Crippen LogP contribution in [0.2, 0.25) is 0 Å². The van der Waals surface area contributed by atoms with E-state index in [1.54, 1.807) is 24.5 Å². The molecule has 0 radical (unpaired) electrons. The van der Waals surface area contributed by atoms with Crippen molar-refractivity contribution in [1.82, 2.24) is 20.6 Å². The van der Waals surface area contributed by atoms with Crippen molar-refractivity contribution in [3.05, 3.63) is 102 Å². The number of carbonyl (C=O) groups excluding carboxylic acids is 2. The van der Waals surface area contributed by atoms with Crippen molar-refractivity contribution < 1.29 is 24.2 Å². The number of carboxylic acid groups (broad SMARTS) is 1. The number of ether oxygens (including phenoxy) is 1. The molecule has 2 amide bonds. The summed E-state index contributed by atoms with van der Waals surface area (Å²) < 4.78 is 5.71. The third-order valence-corrected chi connectivity index (χ3v) is 7.14. The molecule has 9 heteroatoms. The van der Waals surface area contributed by atoms with Gasteiger partial charge in [-0.15, -0.1) is 0 Å². The molecule has 0 aliphatic heterocycles. The average Bonchev–Trinajstić information content (AvgIpc) is 3.00. The molecule has 4 aromatic rings. The standard InChI is InChI=1S/C36H40N4O5/c1-23(2)45-30-16-12-25(13-17-30)28-21-38-33(39-22-28)26-8-6-24(7-9-26)20-31(35(44)37-19-18-32(41)42)40-34(43)27-10-14-29(15-11-27)36(3,4)5/h6-17,21-23,31H,18-20H2,1-5H3,(H,37,44)(H,40,43)(H,41,42). The number of hydrogen-bond acceptors (Lipinski definition) is 6. The highest BCUT2D eigenvalue weighted by Gasteiger charge is 2.23. The van der Waals surface area contributed by atoms with Crippen LogP contribution in [0.3, 0.4) is 0 Å². The molecule has 4 rings (SSSR count). The highest BCUT2D eigenvalue weighted by molar-refractivity contribution is 5.97. The van der Waals surface area contributed by atoms with Gasteiger partial charge in [0.15, 0.2) is 5.82 Å². The molecule has 0 fully saturated rings. The van der Waals surface area contributed by atoms with Gasteiger partial charge in [0.05, 0.1) is 12.5 Å². The van der Waals surface area contributed by atoms with Gasteiger partial charge in [-0.05, 0) is 60.2 Å². The lowest BCUT2D eigenvalue weighted by Crippen LogP contribution is -2.48. The van der Waals surface area contributed by atoms with Gasteiger partial charge in [0.2, 0.25) is 5.91 Å². The molecular formula is C36H40N4O5. The van der Waals surface area contributed by atoms with Crippen LogP contribution >= 0.6 is 0 Å². The van der Waals surface area contributed by atoms with E-state index in [4.69, 9.17) is 9.84 Å². The molecule has 9 nitrogen and oxygen atoms in total. The summed E-state index contributed by atoms with van der Waals surface area (Å²) in [6, 6.07) is 21.6. The van der Waals surface area contributed by atoms with Crippen molar-refractivity contribution in [3.63, 3.8) is 0 Å². The van der Waals surface area contributed by atoms with Gasteiger partial charge in [0, 0.05) is 42.0 Å². The summed E-state index contributed by atoms with van der Waals surface area (Å²) in [7, 11) is 0. The van der Waals surface area contributed by atoms with E-state index in [9.17, 15) is 14.4 Å². The minimum absolute atomic E-state index is 0.0387. The van der Waals surface area contributed by atoms with Crippen molar-refractivity contribution in [2.45, 2.75) is 65.0 Å². The summed E-state index contributed by atoms with van der Waals surface area (Å²) in [6.45, 7) is 10.2. The van der Waals surface area contributed by atoms with Crippen LogP contribution < -0.4 is 15.4 Å². The molecule has 234 valence electrons. The number of rotatable bonds is 12. The minimum atomic E-state index is -1.02. The van der Waals surface area contributed by atoms with Gasteiger partial charge >= 0.3 is 5.97 Å². The van der Waals surface area contributed by atoms with E-state index in [0.717, 1.165) is 33.6 Å². The van der Waals surface area contributed by atoms with Crippen molar-refractivity contribution in [2.75, 3.05) is 6.54 Å². The zero-order valence-corrected chi connectivity index (χ0v) is 26.3. The van der Waals surface area contributed by atoms with Crippen LogP contribution in [0.5, 0.6) is 5.75 Å². The van der Waals surface area contributed by atoms with Crippen molar-refractivity contribution in [2.24, 2.45) is 0 Å². The maximum absolute atomic E-state index is 13.1. The Morgan fingerprint density at radius 1 is 0.822 bits per heavy atom. The SMILES string of the molecule is CC(C)Oc1ccc(-c2cnc(-c3ccc(CC(NC(=O)c4ccc(C(C)(C)C)cc4)C(=O)NCCC(=O)O)cc3)nc2)cc1. The number of aliphatic carboxylic acids is 1. The first-order valence-corrected chi connectivity index (χ1v) is 15.0. The topological polar surface area (TPSA) is 131 Å². The lowest BCUT2D eigenvalue weighted by Gasteiger charge is -2.20. The second kappa shape index (κ2) is 14.6. The van der Waals surface area contributed by atoms with E-state index in [0.29, 0.717) is 11.4 Å². The second-order valence-electron chi connectivity index (χ2n) is 12.2. The van der Waals surface area contributed by atoms with Gasteiger partial charge in [-0.2, -0.15) is 0 Å². The Kier molecular flexibility index (Phi) is 10.7. The molecule has 0 spiro atoms. The zero-order chi connectivity index (χ0) is 32.6. The second-order valence-corrected chi connectivity index (χ2v) is 12.2. The molecule has 0 bridgehead atoms. The highest BCUT2D eigenvalue weighted by Crippen LogP contribution is 2.24. The first-order valence-electron chi connectivity index (χ1n) is 15.0. The first-order chi connectivity index (χ1) is 21.4. The molecule has 3 N–H and O–H groups in total. The Balaban J connectivity index is 1.45. The van der Waals surface area contributed by atoms with Crippen molar-refractivity contribution in [1.29, 1.82) is 0 Å². The molecule has 0 aliphatic carbocycles. The summed E-state index contributed by atoms with van der Waals surface area (Å²) in [5.74, 6) is -0.501. The van der Waals surface area contributed by atoms with E-state index in [1.165, 1.54) is 0 Å². The van der Waals surface area contributed by atoms with Crippen LogP contribution in [-0.2, 0) is 21.4 Å². The van der Waals surface area contributed by atoms with E-state index in [1.807, 2.05) is 74.5 Å². The molecule has 0 saturated carbocycles. The Bertz CT molecular complexity index is 1590. The van der Waals surface area contributed by atoms with Crippen LogP contribution in [0.15, 0.2) is 85.2 Å². The molecular weight excluding hydrogens is 568 g/mol. The number of carbonyl (C=O) groups is 3. The van der Waals surface area contributed by atoms with Gasteiger partial charge in [0.25, 0.3) is 5.91 Å². The largest absolute Gasteiger partial charge is 0.491 e. The van der Waals surface area contributed by atoms with Crippen LogP contribution in [0.25, 0.3) is 22.5 Å². The predicted octanol–water partition coefficient (Wildman–Crippen LogP) is 5.83. The van der Waals surface area contributed by atoms with Crippen molar-refractivity contribution in [3.8, 4) is 28.3 Å². The molecule has 1 unspecified atom stereocenters. The summed E-state index contributed by atoms with van der Waals surface area (Å²) in [5.41, 5.74) is 4.93. The maximum atomic E-state index is 13.1. The number of aromatic nitrogens is 2. The number of nitrogens with zero attached hydrogens (tertiary/aromatic N) is 2. The van der Waals surface area contributed by atoms with E-state index < -0.39 is 17.9 Å². The van der Waals surface area contributed by atoms with E-state index in [-0.39, 0.29) is 36.8 Å². The van der Waals surface area contributed by atoms with Crippen molar-refractivity contribution >= 4 is 17.8 Å². The number of nitrogens with one attached hydrogen (secondary N) is 2. The number of hydrogen-bond donors (Lipinski definition) is 3. The first kappa shape index (κ1) is 32.9. The quantitative estimate of drug-likeness (QED) is 0.185. The molecule has 0 aliphatic rings. The fraction of sp³-hybridized carbons (Fsp3) is 0.306. The lowest BCUT2D eigenvalue weighted by molar-refractivity contribution is -0.137. The highest BCUT2D eigenvalue weighted by atomic mass is 16.5. The monoisotopic (exact) mass is 608 g/mol. The average molecular weight is 609 g/mol. The fourth-order valence-electron chi connectivity index (χ4n) is 4.64. The maximum Gasteiger partial charge on any atom is 0.305 e. The van der Waals surface area contributed by atoms with Crippen LogP contribution in [0.4, 0.5) is 0 Å². The number of amides is 2. The smallest absolute Gasteiger partial charge is 0.305 e. The predicted molar refractivity (Wildman–Crippen MR) is 174 cm³/mol. The molecule has 1 atom stereocenters. The summed E-state index contributed by atoms with van der Waals surface area (Å²) in [6.07, 6.45) is 3.64. The Hall–Kier alpha value is -5.05.